The third-order valence-electron chi connectivity index (χ3n) is 4.41. The first-order chi connectivity index (χ1) is 10.1. The first-order valence-corrected chi connectivity index (χ1v) is 8.80. The first-order valence-electron chi connectivity index (χ1n) is 8.00. The van der Waals surface area contributed by atoms with Crippen molar-refractivity contribution in [2.75, 3.05) is 26.2 Å². The lowest BCUT2D eigenvalue weighted by Gasteiger charge is -2.32. The summed E-state index contributed by atoms with van der Waals surface area (Å²) in [5, 5.41) is 0. The summed E-state index contributed by atoms with van der Waals surface area (Å²) in [5.74, 6) is 0.567. The lowest BCUT2D eigenvalue weighted by molar-refractivity contribution is -0.921. The van der Waals surface area contributed by atoms with E-state index in [4.69, 9.17) is 0 Å². The number of carbonyl (C=O) groups excluding carboxylic acids is 1. The molecule has 0 saturated carbocycles. The average molecular weight is 354 g/mol. The SMILES string of the molecule is CCN(CC)C(=O)[C@H]1CCC[NH+](Cc2ccc(Br)cc2)C1. The molecule has 2 rings (SSSR count). The molecule has 0 radical (unpaired) electrons. The molecule has 0 bridgehead atoms. The molecule has 1 N–H and O–H groups in total. The Kier molecular flexibility index (Phi) is 6.24. The number of nitrogens with one attached hydrogen (secondary N) is 1. The van der Waals surface area contributed by atoms with E-state index in [9.17, 15) is 4.79 Å². The fourth-order valence-corrected chi connectivity index (χ4v) is 3.47. The van der Waals surface area contributed by atoms with E-state index in [1.165, 1.54) is 17.0 Å². The van der Waals surface area contributed by atoms with E-state index in [0.29, 0.717) is 5.91 Å². The fraction of sp³-hybridized carbons (Fsp3) is 0.588. The summed E-state index contributed by atoms with van der Waals surface area (Å²) in [7, 11) is 0. The summed E-state index contributed by atoms with van der Waals surface area (Å²) in [6, 6.07) is 8.54. The number of nitrogens with zero attached hydrogens (tertiary/aromatic N) is 1. The van der Waals surface area contributed by atoms with Gasteiger partial charge in [0, 0.05) is 23.1 Å². The summed E-state index contributed by atoms with van der Waals surface area (Å²) < 4.78 is 1.12. The lowest BCUT2D eigenvalue weighted by atomic mass is 9.96. The quantitative estimate of drug-likeness (QED) is 0.861. The molecule has 116 valence electrons. The van der Waals surface area contributed by atoms with Crippen LogP contribution in [0.4, 0.5) is 0 Å². The molecule has 21 heavy (non-hydrogen) atoms. The third-order valence-corrected chi connectivity index (χ3v) is 4.94. The van der Waals surface area contributed by atoms with Crippen molar-refractivity contribution in [3.8, 4) is 0 Å². The van der Waals surface area contributed by atoms with Crippen molar-refractivity contribution in [2.24, 2.45) is 5.92 Å². The number of piperidine rings is 1. The summed E-state index contributed by atoms with van der Waals surface area (Å²) >= 11 is 3.47. The van der Waals surface area contributed by atoms with Gasteiger partial charge in [-0.25, -0.2) is 0 Å². The second-order valence-corrected chi connectivity index (χ2v) is 6.77. The summed E-state index contributed by atoms with van der Waals surface area (Å²) in [6.07, 6.45) is 2.21. The van der Waals surface area contributed by atoms with Crippen LogP contribution in [0.5, 0.6) is 0 Å². The largest absolute Gasteiger partial charge is 0.343 e. The molecular weight excluding hydrogens is 328 g/mol. The van der Waals surface area contributed by atoms with E-state index >= 15 is 0 Å². The number of quaternary nitrogens is 1. The Morgan fingerprint density at radius 1 is 1.29 bits per heavy atom. The van der Waals surface area contributed by atoms with Crippen molar-refractivity contribution in [3.63, 3.8) is 0 Å². The summed E-state index contributed by atoms with van der Waals surface area (Å²) in [5.41, 5.74) is 1.35. The topological polar surface area (TPSA) is 24.8 Å². The highest BCUT2D eigenvalue weighted by molar-refractivity contribution is 9.10. The molecule has 0 spiro atoms. The number of hydrogen-bond acceptors (Lipinski definition) is 1. The molecular formula is C17H26BrN2O+. The minimum Gasteiger partial charge on any atom is -0.343 e. The predicted octanol–water partition coefficient (Wildman–Crippen LogP) is 2.11. The van der Waals surface area contributed by atoms with Crippen LogP contribution in [-0.4, -0.2) is 37.0 Å². The van der Waals surface area contributed by atoms with Crippen molar-refractivity contribution in [1.29, 1.82) is 0 Å². The van der Waals surface area contributed by atoms with Gasteiger partial charge in [-0.15, -0.1) is 0 Å². The number of benzene rings is 1. The number of hydrogen-bond donors (Lipinski definition) is 1. The molecule has 0 aromatic heterocycles. The fourth-order valence-electron chi connectivity index (χ4n) is 3.21. The maximum atomic E-state index is 12.5. The van der Waals surface area contributed by atoms with Gasteiger partial charge in [-0.2, -0.15) is 0 Å². The van der Waals surface area contributed by atoms with Crippen LogP contribution in [0.1, 0.15) is 32.3 Å². The molecule has 1 heterocycles. The second kappa shape index (κ2) is 7.95. The zero-order valence-electron chi connectivity index (χ0n) is 13.1. The van der Waals surface area contributed by atoms with E-state index in [1.54, 1.807) is 0 Å². The minimum atomic E-state index is 0.212. The van der Waals surface area contributed by atoms with Crippen LogP contribution in [0.25, 0.3) is 0 Å². The normalized spacial score (nSPS) is 22.0. The van der Waals surface area contributed by atoms with Crippen LogP contribution in [0.15, 0.2) is 28.7 Å². The molecule has 3 nitrogen and oxygen atoms in total. The Bertz CT molecular complexity index is 456. The summed E-state index contributed by atoms with van der Waals surface area (Å²) in [4.78, 5) is 16.0. The molecule has 1 saturated heterocycles. The smallest absolute Gasteiger partial charge is 0.231 e. The number of rotatable bonds is 5. The van der Waals surface area contributed by atoms with Crippen molar-refractivity contribution >= 4 is 21.8 Å². The highest BCUT2D eigenvalue weighted by atomic mass is 79.9. The van der Waals surface area contributed by atoms with Crippen LogP contribution in [0.2, 0.25) is 0 Å². The molecule has 1 unspecified atom stereocenters. The molecule has 1 aromatic rings. The maximum Gasteiger partial charge on any atom is 0.231 e. The van der Waals surface area contributed by atoms with Gasteiger partial charge in [-0.3, -0.25) is 4.79 Å². The van der Waals surface area contributed by atoms with Crippen LogP contribution < -0.4 is 4.90 Å². The monoisotopic (exact) mass is 353 g/mol. The van der Waals surface area contributed by atoms with E-state index in [0.717, 1.165) is 43.5 Å². The van der Waals surface area contributed by atoms with Crippen molar-refractivity contribution < 1.29 is 9.69 Å². The van der Waals surface area contributed by atoms with E-state index < -0.39 is 0 Å². The number of amides is 1. The molecule has 1 amide bonds. The Morgan fingerprint density at radius 2 is 1.95 bits per heavy atom. The zero-order chi connectivity index (χ0) is 15.2. The minimum absolute atomic E-state index is 0.212. The molecule has 1 aromatic carbocycles. The molecule has 1 aliphatic heterocycles. The Hall–Kier alpha value is -0.870. The number of halogens is 1. The predicted molar refractivity (Wildman–Crippen MR) is 89.2 cm³/mol. The first kappa shape index (κ1) is 16.5. The Labute approximate surface area is 136 Å². The standard InChI is InChI=1S/C17H25BrN2O/c1-3-20(4-2)17(21)15-6-5-11-19(13-15)12-14-7-9-16(18)10-8-14/h7-10,15H,3-6,11-13H2,1-2H3/p+1/t15-/m0/s1. The molecule has 2 atom stereocenters. The zero-order valence-corrected chi connectivity index (χ0v) is 14.7. The Balaban J connectivity index is 1.94. The average Bonchev–Trinajstić information content (AvgIpc) is 2.51. The second-order valence-electron chi connectivity index (χ2n) is 5.86. The van der Waals surface area contributed by atoms with Crippen LogP contribution in [0.3, 0.4) is 0 Å². The van der Waals surface area contributed by atoms with Gasteiger partial charge in [0.25, 0.3) is 0 Å². The van der Waals surface area contributed by atoms with Gasteiger partial charge in [0.05, 0.1) is 19.0 Å². The van der Waals surface area contributed by atoms with Crippen molar-refractivity contribution in [2.45, 2.75) is 33.2 Å². The highest BCUT2D eigenvalue weighted by Gasteiger charge is 2.30. The van der Waals surface area contributed by atoms with Crippen molar-refractivity contribution in [1.82, 2.24) is 4.90 Å². The van der Waals surface area contributed by atoms with E-state index in [2.05, 4.69) is 54.0 Å². The van der Waals surface area contributed by atoms with E-state index in [1.807, 2.05) is 4.90 Å². The van der Waals surface area contributed by atoms with Gasteiger partial charge in [0.15, 0.2) is 0 Å². The number of likely N-dealkylation sites (tertiary alicyclic amines) is 1. The Morgan fingerprint density at radius 3 is 2.57 bits per heavy atom. The molecule has 0 aliphatic carbocycles. The summed E-state index contributed by atoms with van der Waals surface area (Å²) in [6.45, 7) is 8.97. The van der Waals surface area contributed by atoms with Gasteiger partial charge >= 0.3 is 0 Å². The molecule has 1 fully saturated rings. The van der Waals surface area contributed by atoms with Crippen LogP contribution in [-0.2, 0) is 11.3 Å². The lowest BCUT2D eigenvalue weighted by Crippen LogP contribution is -3.12. The highest BCUT2D eigenvalue weighted by Crippen LogP contribution is 2.13. The van der Waals surface area contributed by atoms with Gasteiger partial charge in [0.2, 0.25) is 5.91 Å². The van der Waals surface area contributed by atoms with Gasteiger partial charge in [0.1, 0.15) is 6.54 Å². The van der Waals surface area contributed by atoms with Gasteiger partial charge < -0.3 is 9.80 Å². The molecule has 4 heteroatoms. The maximum absolute atomic E-state index is 12.5. The third kappa shape index (κ3) is 4.55. The van der Waals surface area contributed by atoms with E-state index in [-0.39, 0.29) is 5.92 Å². The van der Waals surface area contributed by atoms with Crippen LogP contribution >= 0.6 is 15.9 Å². The van der Waals surface area contributed by atoms with Crippen LogP contribution in [0, 0.1) is 5.92 Å². The van der Waals surface area contributed by atoms with Crippen molar-refractivity contribution in [3.05, 3.63) is 34.3 Å². The van der Waals surface area contributed by atoms with Gasteiger partial charge in [-0.1, -0.05) is 28.1 Å². The molecule has 1 aliphatic rings. The number of carbonyl (C=O) groups is 1. The van der Waals surface area contributed by atoms with Gasteiger partial charge in [-0.05, 0) is 38.8 Å².